The monoisotopic (exact) mass is 642 g/mol. The van der Waals surface area contributed by atoms with Crippen molar-refractivity contribution in [3.63, 3.8) is 0 Å². The summed E-state index contributed by atoms with van der Waals surface area (Å²) in [6, 6.07) is 10.6. The van der Waals surface area contributed by atoms with Crippen LogP contribution in [0.1, 0.15) is 24.8 Å². The van der Waals surface area contributed by atoms with Crippen molar-refractivity contribution < 1.29 is 36.2 Å². The molecule has 3 heterocycles. The van der Waals surface area contributed by atoms with Crippen LogP contribution in [0.2, 0.25) is 0 Å². The van der Waals surface area contributed by atoms with Gasteiger partial charge in [0, 0.05) is 54.6 Å². The standard InChI is InChI=1S/C30H29F3N6O5S/c1-17-6-7-20-21(8-9-23(31)25(20)38-45(42,43)16-18-14-30(18,32)33)26(17)44-27-22(5-2-11-34-27)24-10-12-35-28(37-24)36-19-4-3-13-39(15-19)29(40)41/h2,5-12,18-19,38H,3-4,13-16H2,1H3,(H,40,41)(H,35,36,37)/t18?,19-/m0/s1. The predicted octanol–water partition coefficient (Wildman–Crippen LogP) is 5.88. The van der Waals surface area contributed by atoms with Crippen molar-refractivity contribution in [2.75, 3.05) is 28.9 Å². The summed E-state index contributed by atoms with van der Waals surface area (Å²) in [5.74, 6) is -5.29. The minimum absolute atomic E-state index is 0.162. The lowest BCUT2D eigenvalue weighted by Crippen LogP contribution is -2.44. The fraction of sp³-hybridized carbons (Fsp3) is 0.333. The molecule has 4 aromatic rings. The Labute approximate surface area is 256 Å². The Kier molecular flexibility index (Phi) is 7.89. The Balaban J connectivity index is 1.29. The summed E-state index contributed by atoms with van der Waals surface area (Å²) in [6.45, 7) is 2.53. The molecule has 15 heteroatoms. The van der Waals surface area contributed by atoms with Crippen LogP contribution in [0, 0.1) is 18.7 Å². The van der Waals surface area contributed by atoms with Gasteiger partial charge in [-0.2, -0.15) is 0 Å². The second-order valence-corrected chi connectivity index (χ2v) is 13.0. The first-order valence-electron chi connectivity index (χ1n) is 14.2. The van der Waals surface area contributed by atoms with Crippen molar-refractivity contribution in [2.45, 2.75) is 38.2 Å². The molecule has 0 spiro atoms. The molecule has 11 nitrogen and oxygen atoms in total. The number of hydrogen-bond acceptors (Lipinski definition) is 8. The minimum atomic E-state index is -4.28. The van der Waals surface area contributed by atoms with Gasteiger partial charge in [-0.3, -0.25) is 4.72 Å². The Hall–Kier alpha value is -4.66. The first-order valence-corrected chi connectivity index (χ1v) is 15.9. The van der Waals surface area contributed by atoms with Gasteiger partial charge in [0.15, 0.2) is 0 Å². The van der Waals surface area contributed by atoms with Crippen LogP contribution in [0.25, 0.3) is 22.0 Å². The molecular formula is C30H29F3N6O5S. The SMILES string of the molecule is Cc1ccc2c(NS(=O)(=O)CC3CC3(F)F)c(F)ccc2c1Oc1ncccc1-c1ccnc(N[C@H]2CCCN(C(=O)O)C2)n1. The number of sulfonamides is 1. The summed E-state index contributed by atoms with van der Waals surface area (Å²) in [5, 5.41) is 13.1. The topological polar surface area (TPSA) is 147 Å². The maximum atomic E-state index is 15.0. The quantitative estimate of drug-likeness (QED) is 0.204. The van der Waals surface area contributed by atoms with Crippen LogP contribution in [0.4, 0.5) is 29.6 Å². The Morgan fingerprint density at radius 3 is 2.67 bits per heavy atom. The van der Waals surface area contributed by atoms with Gasteiger partial charge < -0.3 is 20.1 Å². The van der Waals surface area contributed by atoms with E-state index in [1.807, 2.05) is 0 Å². The van der Waals surface area contributed by atoms with Gasteiger partial charge in [-0.15, -0.1) is 0 Å². The highest BCUT2D eigenvalue weighted by molar-refractivity contribution is 7.92. The summed E-state index contributed by atoms with van der Waals surface area (Å²) < 4.78 is 75.6. The van der Waals surface area contributed by atoms with E-state index < -0.39 is 45.9 Å². The van der Waals surface area contributed by atoms with Gasteiger partial charge in [-0.1, -0.05) is 12.1 Å². The molecule has 1 saturated carbocycles. The lowest BCUT2D eigenvalue weighted by atomic mass is 10.0. The van der Waals surface area contributed by atoms with Crippen molar-refractivity contribution in [3.05, 3.63) is 66.2 Å². The van der Waals surface area contributed by atoms with E-state index in [9.17, 15) is 31.5 Å². The third-order valence-corrected chi connectivity index (χ3v) is 9.21. The molecule has 3 N–H and O–H groups in total. The first-order chi connectivity index (χ1) is 21.4. The number of ether oxygens (including phenoxy) is 1. The van der Waals surface area contributed by atoms with E-state index >= 15 is 0 Å². The first kappa shape index (κ1) is 30.4. The number of piperidine rings is 1. The predicted molar refractivity (Wildman–Crippen MR) is 161 cm³/mol. The van der Waals surface area contributed by atoms with E-state index in [1.54, 1.807) is 37.4 Å². The van der Waals surface area contributed by atoms with Crippen LogP contribution < -0.4 is 14.8 Å². The number of hydrogen-bond donors (Lipinski definition) is 3. The highest BCUT2D eigenvalue weighted by Gasteiger charge is 2.58. The van der Waals surface area contributed by atoms with Gasteiger partial charge >= 0.3 is 6.09 Å². The van der Waals surface area contributed by atoms with Crippen molar-refractivity contribution in [3.8, 4) is 22.9 Å². The number of rotatable bonds is 9. The van der Waals surface area contributed by atoms with E-state index in [-0.39, 0.29) is 28.7 Å². The molecule has 1 saturated heterocycles. The number of carboxylic acid groups (broad SMARTS) is 1. The Bertz CT molecular complexity index is 1890. The zero-order chi connectivity index (χ0) is 31.9. The summed E-state index contributed by atoms with van der Waals surface area (Å²) in [5.41, 5.74) is 1.25. The number of aryl methyl sites for hydroxylation is 1. The molecule has 1 aliphatic heterocycles. The molecule has 236 valence electrons. The molecule has 2 fully saturated rings. The van der Waals surface area contributed by atoms with Crippen molar-refractivity contribution in [1.82, 2.24) is 19.9 Å². The number of likely N-dealkylation sites (tertiary alicyclic amines) is 1. The number of alkyl halides is 2. The van der Waals surface area contributed by atoms with Crippen LogP contribution in [-0.2, 0) is 10.0 Å². The number of carbonyl (C=O) groups is 1. The summed E-state index contributed by atoms with van der Waals surface area (Å²) in [6.07, 6.45) is 3.04. The molecule has 1 unspecified atom stereocenters. The van der Waals surface area contributed by atoms with E-state index in [4.69, 9.17) is 4.74 Å². The second kappa shape index (κ2) is 11.7. The van der Waals surface area contributed by atoms with Crippen LogP contribution in [-0.4, -0.2) is 70.3 Å². The fourth-order valence-electron chi connectivity index (χ4n) is 5.41. The van der Waals surface area contributed by atoms with Crippen molar-refractivity contribution in [2.24, 2.45) is 5.92 Å². The zero-order valence-electron chi connectivity index (χ0n) is 24.0. The molecule has 0 radical (unpaired) electrons. The van der Waals surface area contributed by atoms with Crippen LogP contribution >= 0.6 is 0 Å². The van der Waals surface area contributed by atoms with Crippen LogP contribution in [0.3, 0.4) is 0 Å². The lowest BCUT2D eigenvalue weighted by Gasteiger charge is -2.31. The van der Waals surface area contributed by atoms with Crippen molar-refractivity contribution >= 4 is 38.5 Å². The number of aromatic nitrogens is 3. The molecule has 2 aromatic carbocycles. The zero-order valence-corrected chi connectivity index (χ0v) is 24.8. The Morgan fingerprint density at radius 2 is 1.91 bits per heavy atom. The highest BCUT2D eigenvalue weighted by Crippen LogP contribution is 2.49. The number of nitrogens with one attached hydrogen (secondary N) is 2. The maximum absolute atomic E-state index is 15.0. The van der Waals surface area contributed by atoms with Gasteiger partial charge in [-0.05, 0) is 55.7 Å². The molecule has 2 aliphatic rings. The molecule has 1 aliphatic carbocycles. The number of pyridine rings is 1. The van der Waals surface area contributed by atoms with Gasteiger partial charge in [0.1, 0.15) is 11.6 Å². The average molecular weight is 643 g/mol. The summed E-state index contributed by atoms with van der Waals surface area (Å²) in [4.78, 5) is 26.1. The number of halogens is 3. The smallest absolute Gasteiger partial charge is 0.407 e. The van der Waals surface area contributed by atoms with Crippen molar-refractivity contribution in [1.29, 1.82) is 0 Å². The minimum Gasteiger partial charge on any atom is -0.465 e. The third-order valence-electron chi connectivity index (χ3n) is 7.86. The molecule has 0 bridgehead atoms. The molecule has 2 atom stereocenters. The second-order valence-electron chi connectivity index (χ2n) is 11.2. The number of fused-ring (bicyclic) bond motifs is 1. The Morgan fingerprint density at radius 1 is 1.13 bits per heavy atom. The van der Waals surface area contributed by atoms with Crippen LogP contribution in [0.15, 0.2) is 54.9 Å². The van der Waals surface area contributed by atoms with Gasteiger partial charge in [0.05, 0.1) is 22.7 Å². The van der Waals surface area contributed by atoms with E-state index in [1.165, 1.54) is 23.2 Å². The summed E-state index contributed by atoms with van der Waals surface area (Å²) >= 11 is 0. The van der Waals surface area contributed by atoms with Crippen LogP contribution in [0.5, 0.6) is 11.6 Å². The van der Waals surface area contributed by atoms with Gasteiger partial charge in [0.2, 0.25) is 21.9 Å². The lowest BCUT2D eigenvalue weighted by molar-refractivity contribution is 0.103. The van der Waals surface area contributed by atoms with E-state index in [0.717, 1.165) is 12.5 Å². The maximum Gasteiger partial charge on any atom is 0.407 e. The molecule has 1 amide bonds. The summed E-state index contributed by atoms with van der Waals surface area (Å²) in [7, 11) is -4.28. The number of nitrogens with zero attached hydrogens (tertiary/aromatic N) is 4. The third kappa shape index (κ3) is 6.57. The number of benzene rings is 2. The molecule has 6 rings (SSSR count). The fourth-order valence-corrected chi connectivity index (χ4v) is 6.90. The van der Waals surface area contributed by atoms with Gasteiger partial charge in [-0.25, -0.2) is 41.3 Å². The molecular weight excluding hydrogens is 613 g/mol. The largest absolute Gasteiger partial charge is 0.465 e. The van der Waals surface area contributed by atoms with Gasteiger partial charge in [0.25, 0.3) is 5.92 Å². The highest BCUT2D eigenvalue weighted by atomic mass is 32.2. The normalized spacial score (nSPS) is 19.2. The number of amides is 1. The van der Waals surface area contributed by atoms with E-state index in [0.29, 0.717) is 47.7 Å². The molecule has 45 heavy (non-hydrogen) atoms. The van der Waals surface area contributed by atoms with E-state index in [2.05, 4.69) is 25.0 Å². The average Bonchev–Trinajstić information content (AvgIpc) is 3.60. The molecule has 2 aromatic heterocycles. The number of anilines is 2.